The van der Waals surface area contributed by atoms with Gasteiger partial charge >= 0.3 is 6.18 Å². The Morgan fingerprint density at radius 2 is 1.74 bits per heavy atom. The van der Waals surface area contributed by atoms with Crippen molar-refractivity contribution in [2.24, 2.45) is 23.2 Å². The zero-order valence-electron chi connectivity index (χ0n) is 35.5. The van der Waals surface area contributed by atoms with Crippen LogP contribution in [-0.4, -0.2) is 108 Å². The van der Waals surface area contributed by atoms with E-state index in [2.05, 4.69) is 21.6 Å². The second-order valence-electron chi connectivity index (χ2n) is 18.0. The van der Waals surface area contributed by atoms with Crippen molar-refractivity contribution in [3.05, 3.63) is 60.8 Å². The van der Waals surface area contributed by atoms with Gasteiger partial charge in [-0.3, -0.25) is 28.9 Å². The summed E-state index contributed by atoms with van der Waals surface area (Å²) < 4.78 is 80.5. The first-order valence-corrected chi connectivity index (χ1v) is 22.4. The van der Waals surface area contributed by atoms with Crippen LogP contribution in [0, 0.1) is 30.1 Å². The first kappa shape index (κ1) is 44.8. The molecule has 4 amide bonds. The van der Waals surface area contributed by atoms with E-state index in [0.29, 0.717) is 46.6 Å². The molecular weight excluding hydrogens is 830 g/mol. The van der Waals surface area contributed by atoms with Gasteiger partial charge in [-0.2, -0.15) is 13.2 Å². The lowest BCUT2D eigenvalue weighted by Gasteiger charge is -2.37. The fourth-order valence-corrected chi connectivity index (χ4v) is 10.0. The number of carbonyl (C=O) groups is 4. The van der Waals surface area contributed by atoms with Gasteiger partial charge in [0.15, 0.2) is 0 Å². The van der Waals surface area contributed by atoms with Gasteiger partial charge in [-0.15, -0.1) is 6.58 Å². The Morgan fingerprint density at radius 1 is 1.03 bits per heavy atom. The van der Waals surface area contributed by atoms with Crippen molar-refractivity contribution in [2.45, 2.75) is 102 Å². The predicted octanol–water partition coefficient (Wildman–Crippen LogP) is 5.48. The maximum atomic E-state index is 14.9. The minimum absolute atomic E-state index is 0.0535. The highest BCUT2D eigenvalue weighted by atomic mass is 32.2. The van der Waals surface area contributed by atoms with E-state index in [1.807, 2.05) is 13.0 Å². The number of piperidine rings is 1. The number of rotatable bonds is 13. The fraction of sp³-hybridized carbons (Fsp3) is 0.545. The minimum Gasteiger partial charge on any atom is -0.496 e. The van der Waals surface area contributed by atoms with Crippen molar-refractivity contribution in [3.8, 4) is 22.9 Å². The molecule has 3 aromatic rings. The summed E-state index contributed by atoms with van der Waals surface area (Å²) in [4.78, 5) is 69.0. The molecule has 14 nitrogen and oxygen atoms in total. The van der Waals surface area contributed by atoms with Crippen LogP contribution in [0.15, 0.2) is 55.3 Å². The zero-order chi connectivity index (χ0) is 44.9. The highest BCUT2D eigenvalue weighted by Gasteiger charge is 2.62. The summed E-state index contributed by atoms with van der Waals surface area (Å²) >= 11 is 0. The first-order valence-electron chi connectivity index (χ1n) is 20.9. The number of aryl methyl sites for hydroxylation is 1. The molecule has 2 saturated heterocycles. The summed E-state index contributed by atoms with van der Waals surface area (Å²) in [6.07, 6.45) is -2.01. The minimum atomic E-state index is -4.37. The molecule has 4 fully saturated rings. The molecule has 2 aliphatic carbocycles. The highest BCUT2D eigenvalue weighted by molar-refractivity contribution is 7.91. The molecule has 62 heavy (non-hydrogen) atoms. The van der Waals surface area contributed by atoms with E-state index in [0.717, 1.165) is 5.56 Å². The van der Waals surface area contributed by atoms with Gasteiger partial charge in [0.25, 0.3) is 5.91 Å². The Bertz CT molecular complexity index is 2360. The quantitative estimate of drug-likeness (QED) is 0.209. The number of hydrogen-bond acceptors (Lipinski definition) is 10. The summed E-state index contributed by atoms with van der Waals surface area (Å²) in [7, 11) is -2.42. The standard InChI is InChI=1S/C44H53F3N6O8S/c1-7-26-23-43(26,41(57)51-62(58,59)29-11-12-29)50-39(55)34-20-28(61-36-22-33(32-10-8-9-17-48-32)49-38-25(2)35(60-6)14-13-30(36)38)24-53(34)40(56)31(42(3,4)5)21-37(54)52-18-15-27(16-19-52)44(45,46)47/h7-10,13-14,17,22,26-29,31,34H,1,11-12,15-16,18-21,23-24H2,2-6H3,(H,50,55)(H,51,57)/t26-,28-,31-,34+,43?/m1/s1. The molecule has 7 rings (SSSR count). The number of nitrogens with zero attached hydrogens (tertiary/aromatic N) is 4. The number of fused-ring (bicyclic) bond motifs is 1. The van der Waals surface area contributed by atoms with E-state index in [1.165, 1.54) is 15.9 Å². The van der Waals surface area contributed by atoms with Crippen molar-refractivity contribution in [1.82, 2.24) is 29.8 Å². The number of alkyl halides is 3. The topological polar surface area (TPSA) is 177 Å². The summed E-state index contributed by atoms with van der Waals surface area (Å²) in [6.45, 7) is 10.6. The number of benzene rings is 1. The maximum absolute atomic E-state index is 14.9. The lowest BCUT2D eigenvalue weighted by molar-refractivity contribution is -0.186. The lowest BCUT2D eigenvalue weighted by atomic mass is 9.77. The van der Waals surface area contributed by atoms with Crippen molar-refractivity contribution in [2.75, 3.05) is 26.7 Å². The number of pyridine rings is 2. The third-order valence-corrected chi connectivity index (χ3v) is 14.5. The number of amides is 4. The van der Waals surface area contributed by atoms with Crippen molar-refractivity contribution in [3.63, 3.8) is 0 Å². The second kappa shape index (κ2) is 16.8. The van der Waals surface area contributed by atoms with Gasteiger partial charge in [0.1, 0.15) is 29.2 Å². The van der Waals surface area contributed by atoms with Gasteiger partial charge in [-0.05, 0) is 68.7 Å². The monoisotopic (exact) mass is 882 g/mol. The number of sulfonamides is 1. The number of methoxy groups -OCH3 is 1. The van der Waals surface area contributed by atoms with Crippen molar-refractivity contribution in [1.29, 1.82) is 0 Å². The summed E-state index contributed by atoms with van der Waals surface area (Å²) in [5, 5.41) is 2.73. The summed E-state index contributed by atoms with van der Waals surface area (Å²) in [5.74, 6) is -4.78. The zero-order valence-corrected chi connectivity index (χ0v) is 36.3. The van der Waals surface area contributed by atoms with Crippen LogP contribution >= 0.6 is 0 Å². The van der Waals surface area contributed by atoms with Crippen LogP contribution in [0.25, 0.3) is 22.3 Å². The molecule has 1 aromatic carbocycles. The molecule has 18 heteroatoms. The van der Waals surface area contributed by atoms with E-state index in [4.69, 9.17) is 14.5 Å². The van der Waals surface area contributed by atoms with Gasteiger partial charge < -0.3 is 24.6 Å². The average Bonchev–Trinajstić information content (AvgIpc) is 4.16. The molecule has 5 atom stereocenters. The van der Waals surface area contributed by atoms with Gasteiger partial charge in [0.05, 0.1) is 47.6 Å². The van der Waals surface area contributed by atoms with E-state index in [1.54, 1.807) is 64.4 Å². The molecule has 4 aliphatic rings. The number of aromatic nitrogens is 2. The van der Waals surface area contributed by atoms with Crippen molar-refractivity contribution >= 4 is 44.6 Å². The van der Waals surface area contributed by atoms with Crippen LogP contribution in [-0.2, 0) is 29.2 Å². The largest absolute Gasteiger partial charge is 0.496 e. The van der Waals surface area contributed by atoms with Gasteiger partial charge in [-0.1, -0.05) is 32.9 Å². The molecule has 2 N–H and O–H groups in total. The third kappa shape index (κ3) is 9.11. The Morgan fingerprint density at radius 3 is 2.32 bits per heavy atom. The van der Waals surface area contributed by atoms with Crippen LogP contribution in [0.3, 0.4) is 0 Å². The van der Waals surface area contributed by atoms with E-state index < -0.39 is 85.9 Å². The lowest BCUT2D eigenvalue weighted by Crippen LogP contribution is -2.57. The molecule has 4 heterocycles. The Kier molecular flexibility index (Phi) is 12.1. The van der Waals surface area contributed by atoms with E-state index in [9.17, 15) is 40.8 Å². The number of likely N-dealkylation sites (tertiary alicyclic amines) is 2. The molecule has 2 aromatic heterocycles. The van der Waals surface area contributed by atoms with Gasteiger partial charge in [0.2, 0.25) is 27.7 Å². The molecular formula is C44H53F3N6O8S. The summed E-state index contributed by atoms with van der Waals surface area (Å²) in [5.41, 5.74) is -0.112. The Hall–Kier alpha value is -5.26. The molecule has 0 spiro atoms. The number of hydrogen-bond donors (Lipinski definition) is 2. The number of ether oxygens (including phenoxy) is 2. The molecule has 2 aliphatic heterocycles. The molecule has 334 valence electrons. The molecule has 0 radical (unpaired) electrons. The fourth-order valence-electron chi connectivity index (χ4n) is 8.64. The van der Waals surface area contributed by atoms with E-state index >= 15 is 0 Å². The summed E-state index contributed by atoms with van der Waals surface area (Å²) in [6, 6.07) is 9.47. The van der Waals surface area contributed by atoms with E-state index in [-0.39, 0.29) is 51.7 Å². The number of carbonyl (C=O) groups excluding carboxylic acids is 4. The van der Waals surface area contributed by atoms with Gasteiger partial charge in [0, 0.05) is 55.1 Å². The molecule has 2 saturated carbocycles. The molecule has 1 unspecified atom stereocenters. The average molecular weight is 883 g/mol. The Labute approximate surface area is 359 Å². The van der Waals surface area contributed by atoms with Crippen LogP contribution in [0.4, 0.5) is 13.2 Å². The normalized spacial score (nSPS) is 23.7. The van der Waals surface area contributed by atoms with Crippen LogP contribution in [0.1, 0.15) is 71.3 Å². The van der Waals surface area contributed by atoms with Crippen molar-refractivity contribution < 1.29 is 50.2 Å². The predicted molar refractivity (Wildman–Crippen MR) is 223 cm³/mol. The number of nitrogens with one attached hydrogen (secondary N) is 2. The first-order chi connectivity index (χ1) is 29.2. The smallest absolute Gasteiger partial charge is 0.391 e. The Balaban J connectivity index is 1.21. The maximum Gasteiger partial charge on any atom is 0.391 e. The van der Waals surface area contributed by atoms with Crippen LogP contribution < -0.4 is 19.5 Å². The third-order valence-electron chi connectivity index (χ3n) is 12.7. The van der Waals surface area contributed by atoms with Crippen LogP contribution in [0.2, 0.25) is 0 Å². The van der Waals surface area contributed by atoms with Crippen LogP contribution in [0.5, 0.6) is 11.5 Å². The highest BCUT2D eigenvalue weighted by Crippen LogP contribution is 2.46. The number of halogens is 3. The SMILES string of the molecule is C=C[C@@H]1CC1(NC(=O)[C@@H]1C[C@@H](Oc2cc(-c3ccccn3)nc3c(C)c(OC)ccc23)CN1C(=O)[C@@H](CC(=O)N1CCC(C(F)(F)F)CC1)C(C)(C)C)C(=O)NS(=O)(=O)C1CC1. The second-order valence-corrected chi connectivity index (χ2v) is 20.0. The van der Waals surface area contributed by atoms with Gasteiger partial charge in [-0.25, -0.2) is 13.4 Å². The molecule has 0 bridgehead atoms.